The standard InChI is InChI=1S/C25H27NO5/c1-6-15-9-8-10-16(7-2)21(15)26-22(28)18-12-11-17(13-19(18)23(26)29)24(30)31-14-20(27)25(3,4)5/h8-13H,6-7,14H2,1-5H3. The predicted octanol–water partition coefficient (Wildman–Crippen LogP) is 4.38. The summed E-state index contributed by atoms with van der Waals surface area (Å²) in [5, 5.41) is 0. The van der Waals surface area contributed by atoms with Crippen LogP contribution in [0.1, 0.15) is 76.8 Å². The third kappa shape index (κ3) is 4.15. The Bertz CT molecular complexity index is 1060. The summed E-state index contributed by atoms with van der Waals surface area (Å²) in [6, 6.07) is 10.0. The largest absolute Gasteiger partial charge is 0.454 e. The van der Waals surface area contributed by atoms with E-state index in [2.05, 4.69) is 0 Å². The second kappa shape index (κ2) is 8.46. The normalized spacial score (nSPS) is 13.4. The first kappa shape index (κ1) is 22.4. The molecular weight excluding hydrogens is 394 g/mol. The van der Waals surface area contributed by atoms with Gasteiger partial charge in [-0.1, -0.05) is 52.8 Å². The van der Waals surface area contributed by atoms with Gasteiger partial charge in [0.2, 0.25) is 0 Å². The second-order valence-corrected chi connectivity index (χ2v) is 8.59. The highest BCUT2D eigenvalue weighted by Crippen LogP contribution is 2.34. The number of carbonyl (C=O) groups excluding carboxylic acids is 4. The molecule has 0 spiro atoms. The van der Waals surface area contributed by atoms with E-state index < -0.39 is 23.2 Å². The van der Waals surface area contributed by atoms with Crippen molar-refractivity contribution in [2.24, 2.45) is 5.41 Å². The lowest BCUT2D eigenvalue weighted by Crippen LogP contribution is -2.31. The lowest BCUT2D eigenvalue weighted by molar-refractivity contribution is -0.129. The van der Waals surface area contributed by atoms with E-state index in [1.54, 1.807) is 20.8 Å². The summed E-state index contributed by atoms with van der Waals surface area (Å²) in [6.45, 7) is 8.84. The summed E-state index contributed by atoms with van der Waals surface area (Å²) < 4.78 is 5.12. The molecule has 2 aromatic carbocycles. The van der Waals surface area contributed by atoms with Gasteiger partial charge < -0.3 is 4.74 Å². The topological polar surface area (TPSA) is 80.8 Å². The van der Waals surface area contributed by atoms with E-state index in [1.165, 1.54) is 23.1 Å². The molecule has 31 heavy (non-hydrogen) atoms. The Morgan fingerprint density at radius 2 is 1.48 bits per heavy atom. The smallest absolute Gasteiger partial charge is 0.338 e. The van der Waals surface area contributed by atoms with Gasteiger partial charge >= 0.3 is 5.97 Å². The van der Waals surface area contributed by atoms with Crippen molar-refractivity contribution in [2.75, 3.05) is 11.5 Å². The summed E-state index contributed by atoms with van der Waals surface area (Å²) in [5.41, 5.74) is 2.37. The zero-order chi connectivity index (χ0) is 22.9. The first-order valence-electron chi connectivity index (χ1n) is 10.4. The van der Waals surface area contributed by atoms with Crippen LogP contribution in [0.5, 0.6) is 0 Å². The van der Waals surface area contributed by atoms with Crippen LogP contribution in [-0.2, 0) is 22.4 Å². The second-order valence-electron chi connectivity index (χ2n) is 8.59. The number of ketones is 1. The summed E-state index contributed by atoms with van der Waals surface area (Å²) in [6.07, 6.45) is 1.35. The monoisotopic (exact) mass is 421 g/mol. The number of imide groups is 1. The number of anilines is 1. The van der Waals surface area contributed by atoms with Crippen molar-refractivity contribution in [1.29, 1.82) is 0 Å². The molecule has 0 aliphatic carbocycles. The molecule has 0 bridgehead atoms. The van der Waals surface area contributed by atoms with Gasteiger partial charge in [0, 0.05) is 5.41 Å². The fourth-order valence-corrected chi connectivity index (χ4v) is 3.50. The molecular formula is C25H27NO5. The molecule has 1 aliphatic rings. The van der Waals surface area contributed by atoms with Crippen molar-refractivity contribution in [3.63, 3.8) is 0 Å². The molecule has 0 N–H and O–H groups in total. The number of para-hydroxylation sites is 1. The first-order chi connectivity index (χ1) is 14.6. The van der Waals surface area contributed by atoms with Crippen LogP contribution in [0.4, 0.5) is 5.69 Å². The molecule has 0 saturated heterocycles. The zero-order valence-electron chi connectivity index (χ0n) is 18.6. The van der Waals surface area contributed by atoms with Crippen LogP contribution in [0.15, 0.2) is 36.4 Å². The summed E-state index contributed by atoms with van der Waals surface area (Å²) >= 11 is 0. The molecule has 6 nitrogen and oxygen atoms in total. The van der Waals surface area contributed by atoms with Crippen LogP contribution in [0.25, 0.3) is 0 Å². The van der Waals surface area contributed by atoms with E-state index in [1.807, 2.05) is 32.0 Å². The number of esters is 1. The van der Waals surface area contributed by atoms with Crippen LogP contribution in [0.3, 0.4) is 0 Å². The minimum absolute atomic E-state index is 0.128. The quantitative estimate of drug-likeness (QED) is 0.511. The number of carbonyl (C=O) groups is 4. The van der Waals surface area contributed by atoms with Gasteiger partial charge in [0.15, 0.2) is 12.4 Å². The van der Waals surface area contributed by atoms with Crippen LogP contribution >= 0.6 is 0 Å². The van der Waals surface area contributed by atoms with Crippen molar-refractivity contribution in [3.8, 4) is 0 Å². The molecule has 0 radical (unpaired) electrons. The fourth-order valence-electron chi connectivity index (χ4n) is 3.50. The van der Waals surface area contributed by atoms with Crippen molar-refractivity contribution in [1.82, 2.24) is 0 Å². The number of amides is 2. The maximum Gasteiger partial charge on any atom is 0.338 e. The van der Waals surface area contributed by atoms with E-state index in [4.69, 9.17) is 4.74 Å². The van der Waals surface area contributed by atoms with Crippen LogP contribution in [0.2, 0.25) is 0 Å². The van der Waals surface area contributed by atoms with Crippen LogP contribution < -0.4 is 4.90 Å². The highest BCUT2D eigenvalue weighted by molar-refractivity contribution is 6.35. The molecule has 1 aliphatic heterocycles. The average Bonchev–Trinajstić information content (AvgIpc) is 2.99. The number of aryl methyl sites for hydroxylation is 2. The molecule has 0 atom stereocenters. The van der Waals surface area contributed by atoms with Crippen molar-refractivity contribution in [3.05, 3.63) is 64.2 Å². The molecule has 0 fully saturated rings. The molecule has 162 valence electrons. The number of ether oxygens (including phenoxy) is 1. The molecule has 6 heteroatoms. The first-order valence-corrected chi connectivity index (χ1v) is 10.4. The van der Waals surface area contributed by atoms with E-state index in [0.29, 0.717) is 18.5 Å². The van der Waals surface area contributed by atoms with Gasteiger partial charge in [-0.25, -0.2) is 9.69 Å². The minimum Gasteiger partial charge on any atom is -0.454 e. The predicted molar refractivity (Wildman–Crippen MR) is 118 cm³/mol. The third-order valence-electron chi connectivity index (χ3n) is 5.48. The van der Waals surface area contributed by atoms with Crippen molar-refractivity contribution < 1.29 is 23.9 Å². The Hall–Kier alpha value is -3.28. The molecule has 1 heterocycles. The van der Waals surface area contributed by atoms with Gasteiger partial charge in [-0.2, -0.15) is 0 Å². The Balaban J connectivity index is 1.92. The number of nitrogens with zero attached hydrogens (tertiary/aromatic N) is 1. The molecule has 3 rings (SSSR count). The zero-order valence-corrected chi connectivity index (χ0v) is 18.6. The number of benzene rings is 2. The van der Waals surface area contributed by atoms with E-state index in [9.17, 15) is 19.2 Å². The van der Waals surface area contributed by atoms with Crippen LogP contribution in [0, 0.1) is 5.41 Å². The molecule has 0 aromatic heterocycles. The number of Topliss-reactive ketones (excluding diaryl/α,β-unsaturated/α-hetero) is 1. The fraction of sp³-hybridized carbons (Fsp3) is 0.360. The average molecular weight is 421 g/mol. The van der Waals surface area contributed by atoms with E-state index in [-0.39, 0.29) is 29.1 Å². The Morgan fingerprint density at radius 3 is 2.03 bits per heavy atom. The Labute approximate surface area is 182 Å². The maximum absolute atomic E-state index is 13.2. The summed E-state index contributed by atoms with van der Waals surface area (Å²) in [4.78, 5) is 52.0. The Morgan fingerprint density at radius 1 is 0.903 bits per heavy atom. The van der Waals surface area contributed by atoms with Gasteiger partial charge in [0.1, 0.15) is 0 Å². The molecule has 0 unspecified atom stereocenters. The van der Waals surface area contributed by atoms with Gasteiger partial charge in [-0.3, -0.25) is 14.4 Å². The lowest BCUT2D eigenvalue weighted by Gasteiger charge is -2.21. The van der Waals surface area contributed by atoms with Gasteiger partial charge in [-0.15, -0.1) is 0 Å². The highest BCUT2D eigenvalue weighted by atomic mass is 16.5. The lowest BCUT2D eigenvalue weighted by atomic mass is 9.91. The van der Waals surface area contributed by atoms with Gasteiger partial charge in [0.05, 0.1) is 22.4 Å². The minimum atomic E-state index is -0.706. The molecule has 2 amide bonds. The van der Waals surface area contributed by atoms with Crippen LogP contribution in [-0.4, -0.2) is 30.2 Å². The number of hydrogen-bond acceptors (Lipinski definition) is 5. The van der Waals surface area contributed by atoms with Crippen molar-refractivity contribution in [2.45, 2.75) is 47.5 Å². The summed E-state index contributed by atoms with van der Waals surface area (Å²) in [7, 11) is 0. The van der Waals surface area contributed by atoms with Crippen molar-refractivity contribution >= 4 is 29.3 Å². The SMILES string of the molecule is CCc1cccc(CC)c1N1C(=O)c2ccc(C(=O)OCC(=O)C(C)(C)C)cc2C1=O. The number of fused-ring (bicyclic) bond motifs is 1. The number of rotatable bonds is 6. The molecule has 0 saturated carbocycles. The van der Waals surface area contributed by atoms with Gasteiger partial charge in [0.25, 0.3) is 11.8 Å². The Kier molecular flexibility index (Phi) is 6.11. The maximum atomic E-state index is 13.2. The summed E-state index contributed by atoms with van der Waals surface area (Å²) in [5.74, 6) is -1.78. The molecule has 2 aromatic rings. The highest BCUT2D eigenvalue weighted by Gasteiger charge is 2.39. The van der Waals surface area contributed by atoms with Gasteiger partial charge in [-0.05, 0) is 42.2 Å². The van der Waals surface area contributed by atoms with E-state index in [0.717, 1.165) is 11.1 Å². The third-order valence-corrected chi connectivity index (χ3v) is 5.48. The number of hydrogen-bond donors (Lipinski definition) is 0. The van der Waals surface area contributed by atoms with E-state index >= 15 is 0 Å².